The number of nitrogens with one attached hydrogen (secondary N) is 1. The summed E-state index contributed by atoms with van der Waals surface area (Å²) in [6, 6.07) is 3.96. The molecule has 2 unspecified atom stereocenters. The minimum Gasteiger partial charge on any atom is -0.310 e. The van der Waals surface area contributed by atoms with E-state index in [1.807, 2.05) is 0 Å². The average molecular weight is 227 g/mol. The molecule has 1 aromatic rings. The SMILES string of the molecule is CCC(C)C(C)NCc1cc(F)cc(F)c1. The quantitative estimate of drug-likeness (QED) is 0.812. The zero-order valence-corrected chi connectivity index (χ0v) is 10.1. The Morgan fingerprint density at radius 3 is 2.19 bits per heavy atom. The molecule has 1 N–H and O–H groups in total. The van der Waals surface area contributed by atoms with Crippen molar-refractivity contribution < 1.29 is 8.78 Å². The third-order valence-corrected chi connectivity index (χ3v) is 3.05. The van der Waals surface area contributed by atoms with Crippen molar-refractivity contribution in [3.8, 4) is 0 Å². The lowest BCUT2D eigenvalue weighted by molar-refractivity contribution is 0.389. The highest BCUT2D eigenvalue weighted by Crippen LogP contribution is 2.10. The van der Waals surface area contributed by atoms with Crippen LogP contribution in [0.4, 0.5) is 8.78 Å². The Labute approximate surface area is 95.9 Å². The molecule has 0 aliphatic rings. The van der Waals surface area contributed by atoms with Gasteiger partial charge in [-0.05, 0) is 30.5 Å². The van der Waals surface area contributed by atoms with Crippen LogP contribution in [-0.4, -0.2) is 6.04 Å². The summed E-state index contributed by atoms with van der Waals surface area (Å²) in [6.07, 6.45) is 1.09. The molecule has 90 valence electrons. The fourth-order valence-electron chi connectivity index (χ4n) is 1.55. The first kappa shape index (κ1) is 13.1. The molecule has 0 amide bonds. The van der Waals surface area contributed by atoms with Crippen LogP contribution >= 0.6 is 0 Å². The van der Waals surface area contributed by atoms with Crippen LogP contribution in [0.1, 0.15) is 32.8 Å². The van der Waals surface area contributed by atoms with Gasteiger partial charge in [-0.3, -0.25) is 0 Å². The smallest absolute Gasteiger partial charge is 0.126 e. The van der Waals surface area contributed by atoms with Crippen molar-refractivity contribution >= 4 is 0 Å². The zero-order chi connectivity index (χ0) is 12.1. The molecular weight excluding hydrogens is 208 g/mol. The third kappa shape index (κ3) is 3.89. The van der Waals surface area contributed by atoms with E-state index in [2.05, 4.69) is 26.1 Å². The maximum Gasteiger partial charge on any atom is 0.126 e. The van der Waals surface area contributed by atoms with E-state index in [9.17, 15) is 8.78 Å². The van der Waals surface area contributed by atoms with E-state index in [0.29, 0.717) is 24.1 Å². The molecule has 0 radical (unpaired) electrons. The lowest BCUT2D eigenvalue weighted by Crippen LogP contribution is -2.31. The summed E-state index contributed by atoms with van der Waals surface area (Å²) in [5.41, 5.74) is 0.646. The molecule has 0 spiro atoms. The van der Waals surface area contributed by atoms with Gasteiger partial charge >= 0.3 is 0 Å². The van der Waals surface area contributed by atoms with Crippen LogP contribution in [-0.2, 0) is 6.54 Å². The number of rotatable bonds is 5. The molecule has 0 aromatic heterocycles. The van der Waals surface area contributed by atoms with E-state index in [1.54, 1.807) is 0 Å². The maximum atomic E-state index is 12.9. The number of hydrogen-bond acceptors (Lipinski definition) is 1. The molecule has 0 heterocycles. The van der Waals surface area contributed by atoms with Crippen LogP contribution in [0.2, 0.25) is 0 Å². The topological polar surface area (TPSA) is 12.0 Å². The lowest BCUT2D eigenvalue weighted by Gasteiger charge is -2.19. The molecule has 1 aromatic carbocycles. The molecule has 0 saturated heterocycles. The molecule has 0 aliphatic carbocycles. The van der Waals surface area contributed by atoms with E-state index in [0.717, 1.165) is 12.5 Å². The number of halogens is 2. The number of hydrogen-bond donors (Lipinski definition) is 1. The van der Waals surface area contributed by atoms with Crippen LogP contribution < -0.4 is 5.32 Å². The highest BCUT2D eigenvalue weighted by molar-refractivity contribution is 5.17. The molecule has 1 rings (SSSR count). The molecule has 0 aliphatic heterocycles. The van der Waals surface area contributed by atoms with Crippen molar-refractivity contribution in [2.45, 2.75) is 39.8 Å². The largest absolute Gasteiger partial charge is 0.310 e. The Balaban J connectivity index is 2.54. The van der Waals surface area contributed by atoms with Gasteiger partial charge < -0.3 is 5.32 Å². The molecule has 2 atom stereocenters. The molecular formula is C13H19F2N. The van der Waals surface area contributed by atoms with Gasteiger partial charge in [0.2, 0.25) is 0 Å². The second-order valence-electron chi connectivity index (χ2n) is 4.33. The van der Waals surface area contributed by atoms with Crippen molar-refractivity contribution in [1.29, 1.82) is 0 Å². The summed E-state index contributed by atoms with van der Waals surface area (Å²) in [7, 11) is 0. The van der Waals surface area contributed by atoms with Crippen molar-refractivity contribution in [1.82, 2.24) is 5.32 Å². The molecule has 3 heteroatoms. The normalized spacial score (nSPS) is 14.8. The van der Waals surface area contributed by atoms with Gasteiger partial charge in [-0.1, -0.05) is 20.3 Å². The predicted molar refractivity (Wildman–Crippen MR) is 62.1 cm³/mol. The van der Waals surface area contributed by atoms with Crippen molar-refractivity contribution in [2.75, 3.05) is 0 Å². The van der Waals surface area contributed by atoms with E-state index >= 15 is 0 Å². The summed E-state index contributed by atoms with van der Waals surface area (Å²) in [5, 5.41) is 3.27. The van der Waals surface area contributed by atoms with Crippen LogP contribution in [0.5, 0.6) is 0 Å². The number of benzene rings is 1. The molecule has 0 saturated carbocycles. The van der Waals surface area contributed by atoms with Crippen molar-refractivity contribution in [3.05, 3.63) is 35.4 Å². The van der Waals surface area contributed by atoms with E-state index < -0.39 is 11.6 Å². The highest BCUT2D eigenvalue weighted by atomic mass is 19.1. The van der Waals surface area contributed by atoms with Gasteiger partial charge in [-0.2, -0.15) is 0 Å². The third-order valence-electron chi connectivity index (χ3n) is 3.05. The van der Waals surface area contributed by atoms with Gasteiger partial charge in [0.05, 0.1) is 0 Å². The predicted octanol–water partition coefficient (Wildman–Crippen LogP) is 3.49. The standard InChI is InChI=1S/C13H19F2N/c1-4-9(2)10(3)16-8-11-5-12(14)7-13(15)6-11/h5-7,9-10,16H,4,8H2,1-3H3. The van der Waals surface area contributed by atoms with Crippen LogP contribution in [0, 0.1) is 17.6 Å². The Hall–Kier alpha value is -0.960. The Kier molecular flexibility index (Phi) is 4.87. The van der Waals surface area contributed by atoms with Gasteiger partial charge in [0, 0.05) is 18.7 Å². The first-order valence-corrected chi connectivity index (χ1v) is 5.71. The molecule has 1 nitrogen and oxygen atoms in total. The summed E-state index contributed by atoms with van der Waals surface area (Å²) < 4.78 is 25.8. The van der Waals surface area contributed by atoms with Crippen molar-refractivity contribution in [2.24, 2.45) is 5.92 Å². The molecule has 16 heavy (non-hydrogen) atoms. The summed E-state index contributed by atoms with van der Waals surface area (Å²) in [4.78, 5) is 0. The van der Waals surface area contributed by atoms with Crippen molar-refractivity contribution in [3.63, 3.8) is 0 Å². The second kappa shape index (κ2) is 5.94. The summed E-state index contributed by atoms with van der Waals surface area (Å²) in [5.74, 6) is -0.487. The van der Waals surface area contributed by atoms with E-state index in [1.165, 1.54) is 12.1 Å². The summed E-state index contributed by atoms with van der Waals surface area (Å²) in [6.45, 7) is 6.87. The zero-order valence-electron chi connectivity index (χ0n) is 10.1. The fourth-order valence-corrected chi connectivity index (χ4v) is 1.55. The van der Waals surface area contributed by atoms with Gasteiger partial charge in [-0.25, -0.2) is 8.78 Å². The first-order chi connectivity index (χ1) is 7.52. The minimum absolute atomic E-state index is 0.344. The van der Waals surface area contributed by atoms with Crippen LogP contribution in [0.15, 0.2) is 18.2 Å². The highest BCUT2D eigenvalue weighted by Gasteiger charge is 2.09. The molecule has 0 fully saturated rings. The molecule has 0 bridgehead atoms. The Morgan fingerprint density at radius 2 is 1.69 bits per heavy atom. The second-order valence-corrected chi connectivity index (χ2v) is 4.33. The Bertz CT molecular complexity index is 318. The van der Waals surface area contributed by atoms with Gasteiger partial charge in [0.25, 0.3) is 0 Å². The van der Waals surface area contributed by atoms with Gasteiger partial charge in [0.1, 0.15) is 11.6 Å². The van der Waals surface area contributed by atoms with E-state index in [-0.39, 0.29) is 0 Å². The van der Waals surface area contributed by atoms with E-state index in [4.69, 9.17) is 0 Å². The maximum absolute atomic E-state index is 12.9. The fraction of sp³-hybridized carbons (Fsp3) is 0.538. The minimum atomic E-state index is -0.520. The van der Waals surface area contributed by atoms with Gasteiger partial charge in [0.15, 0.2) is 0 Å². The Morgan fingerprint density at radius 1 is 1.12 bits per heavy atom. The summed E-state index contributed by atoms with van der Waals surface area (Å²) >= 11 is 0. The van der Waals surface area contributed by atoms with Gasteiger partial charge in [-0.15, -0.1) is 0 Å². The first-order valence-electron chi connectivity index (χ1n) is 5.71. The van der Waals surface area contributed by atoms with Crippen LogP contribution in [0.3, 0.4) is 0 Å². The monoisotopic (exact) mass is 227 g/mol. The average Bonchev–Trinajstić information content (AvgIpc) is 2.23. The van der Waals surface area contributed by atoms with Crippen LogP contribution in [0.25, 0.3) is 0 Å². The lowest BCUT2D eigenvalue weighted by atomic mass is 10.0.